The van der Waals surface area contributed by atoms with Crippen molar-refractivity contribution in [1.82, 2.24) is 14.5 Å². The molecule has 2 saturated heterocycles. The number of sulfonamides is 1. The summed E-state index contributed by atoms with van der Waals surface area (Å²) in [5, 5.41) is 10.4. The Balaban J connectivity index is 1.59. The smallest absolute Gasteiger partial charge is 0.241 e. The van der Waals surface area contributed by atoms with Gasteiger partial charge in [0.25, 0.3) is 0 Å². The van der Waals surface area contributed by atoms with Crippen molar-refractivity contribution in [2.45, 2.75) is 23.1 Å². The van der Waals surface area contributed by atoms with E-state index >= 15 is 0 Å². The maximum Gasteiger partial charge on any atom is 0.241 e. The Morgan fingerprint density at radius 2 is 2.04 bits per heavy atom. The van der Waals surface area contributed by atoms with E-state index in [2.05, 4.69) is 21.6 Å². The molecule has 0 spiro atoms. The number of nitrogens with one attached hydrogen (secondary N) is 1. The molecule has 0 aliphatic carbocycles. The molecule has 2 aliphatic heterocycles. The molecular formula is C16H24FN3O4S. The molecule has 2 heterocycles. The highest BCUT2D eigenvalue weighted by atomic mass is 32.2. The predicted molar refractivity (Wildman–Crippen MR) is 90.2 cm³/mol. The Morgan fingerprint density at radius 3 is 2.72 bits per heavy atom. The molecule has 0 amide bonds. The van der Waals surface area contributed by atoms with Crippen LogP contribution >= 0.6 is 0 Å². The van der Waals surface area contributed by atoms with Gasteiger partial charge in [0.05, 0.1) is 29.8 Å². The Kier molecular flexibility index (Phi) is 5.71. The van der Waals surface area contributed by atoms with Crippen LogP contribution in [0.3, 0.4) is 0 Å². The molecule has 2 fully saturated rings. The maximum absolute atomic E-state index is 13.3. The summed E-state index contributed by atoms with van der Waals surface area (Å²) >= 11 is 0. The minimum atomic E-state index is -3.91. The van der Waals surface area contributed by atoms with Crippen LogP contribution in [-0.2, 0) is 14.8 Å². The van der Waals surface area contributed by atoms with E-state index in [1.165, 1.54) is 18.2 Å². The van der Waals surface area contributed by atoms with Crippen molar-refractivity contribution in [2.24, 2.45) is 0 Å². The van der Waals surface area contributed by atoms with Crippen molar-refractivity contribution in [3.63, 3.8) is 0 Å². The average molecular weight is 373 g/mol. The van der Waals surface area contributed by atoms with Crippen molar-refractivity contribution in [1.29, 1.82) is 0 Å². The first-order valence-electron chi connectivity index (χ1n) is 8.33. The van der Waals surface area contributed by atoms with Crippen LogP contribution in [0.2, 0.25) is 0 Å². The zero-order valence-electron chi connectivity index (χ0n) is 14.1. The van der Waals surface area contributed by atoms with Crippen LogP contribution < -0.4 is 4.72 Å². The molecule has 25 heavy (non-hydrogen) atoms. The largest absolute Gasteiger partial charge is 0.389 e. The summed E-state index contributed by atoms with van der Waals surface area (Å²) in [5.41, 5.74) is 0. The van der Waals surface area contributed by atoms with Crippen LogP contribution in [0.4, 0.5) is 4.39 Å². The highest BCUT2D eigenvalue weighted by molar-refractivity contribution is 7.89. The second-order valence-electron chi connectivity index (χ2n) is 6.65. The highest BCUT2D eigenvalue weighted by Crippen LogP contribution is 2.19. The summed E-state index contributed by atoms with van der Waals surface area (Å²) in [6.45, 7) is 4.35. The van der Waals surface area contributed by atoms with Crippen LogP contribution in [0.15, 0.2) is 29.2 Å². The van der Waals surface area contributed by atoms with Crippen molar-refractivity contribution in [3.8, 4) is 0 Å². The number of likely N-dealkylation sites (N-methyl/N-ethyl adjacent to an activating group) is 1. The average Bonchev–Trinajstić information content (AvgIpc) is 2.90. The number of hydrogen-bond donors (Lipinski definition) is 2. The first kappa shape index (κ1) is 18.7. The second kappa shape index (κ2) is 7.65. The van der Waals surface area contributed by atoms with Gasteiger partial charge in [-0.3, -0.25) is 4.90 Å². The van der Waals surface area contributed by atoms with E-state index in [4.69, 9.17) is 4.74 Å². The SMILES string of the molecule is CN1CCN(C[C@@H]2OC[C@H](NS(=O)(=O)c3cccc(F)c3)[C@H]2O)CC1. The molecule has 1 aromatic carbocycles. The van der Waals surface area contributed by atoms with E-state index in [1.54, 1.807) is 0 Å². The summed E-state index contributed by atoms with van der Waals surface area (Å²) in [6, 6.07) is 4.03. The zero-order valence-corrected chi connectivity index (χ0v) is 15.0. The number of hydrogen-bond acceptors (Lipinski definition) is 6. The van der Waals surface area contributed by atoms with Crippen LogP contribution in [0.25, 0.3) is 0 Å². The molecule has 140 valence electrons. The van der Waals surface area contributed by atoms with Gasteiger partial charge in [0.15, 0.2) is 0 Å². The molecule has 7 nitrogen and oxygen atoms in total. The molecule has 3 rings (SSSR count). The first-order valence-corrected chi connectivity index (χ1v) is 9.82. The molecule has 9 heteroatoms. The van der Waals surface area contributed by atoms with Gasteiger partial charge in [0, 0.05) is 32.7 Å². The summed E-state index contributed by atoms with van der Waals surface area (Å²) in [7, 11) is -1.85. The quantitative estimate of drug-likeness (QED) is 0.723. The molecule has 0 saturated carbocycles. The molecule has 0 radical (unpaired) electrons. The third-order valence-corrected chi connectivity index (χ3v) is 6.22. The topological polar surface area (TPSA) is 82.1 Å². The molecule has 0 aromatic heterocycles. The number of halogens is 1. The van der Waals surface area contributed by atoms with E-state index < -0.39 is 34.1 Å². The van der Waals surface area contributed by atoms with Crippen molar-refractivity contribution >= 4 is 10.0 Å². The van der Waals surface area contributed by atoms with Gasteiger partial charge in [0.1, 0.15) is 5.82 Å². The van der Waals surface area contributed by atoms with E-state index in [0.29, 0.717) is 6.54 Å². The summed E-state index contributed by atoms with van der Waals surface area (Å²) < 4.78 is 46.0. The fourth-order valence-electron chi connectivity index (χ4n) is 3.13. The zero-order chi connectivity index (χ0) is 18.0. The number of nitrogens with zero attached hydrogens (tertiary/aromatic N) is 2. The van der Waals surface area contributed by atoms with E-state index in [9.17, 15) is 17.9 Å². The summed E-state index contributed by atoms with van der Waals surface area (Å²) in [6.07, 6.45) is -1.38. The molecular weight excluding hydrogens is 349 g/mol. The molecule has 2 aliphatic rings. The summed E-state index contributed by atoms with van der Waals surface area (Å²) in [5.74, 6) is -0.626. The van der Waals surface area contributed by atoms with Gasteiger partial charge in [-0.1, -0.05) is 6.07 Å². The minimum absolute atomic E-state index is 0.0914. The third kappa shape index (κ3) is 4.55. The van der Waals surface area contributed by atoms with Crippen LogP contribution in [0.5, 0.6) is 0 Å². The van der Waals surface area contributed by atoms with Gasteiger partial charge >= 0.3 is 0 Å². The predicted octanol–water partition coefficient (Wildman–Crippen LogP) is -0.520. The van der Waals surface area contributed by atoms with Crippen LogP contribution in [-0.4, -0.2) is 88.0 Å². The minimum Gasteiger partial charge on any atom is -0.389 e. The van der Waals surface area contributed by atoms with Gasteiger partial charge in [-0.05, 0) is 25.2 Å². The van der Waals surface area contributed by atoms with E-state index in [1.807, 2.05) is 0 Å². The Labute approximate surface area is 147 Å². The van der Waals surface area contributed by atoms with Gasteiger partial charge in [0.2, 0.25) is 10.0 Å². The first-order chi connectivity index (χ1) is 11.8. The monoisotopic (exact) mass is 373 g/mol. The van der Waals surface area contributed by atoms with E-state index in [-0.39, 0.29) is 11.5 Å². The Morgan fingerprint density at radius 1 is 1.32 bits per heavy atom. The number of benzene rings is 1. The fourth-order valence-corrected chi connectivity index (χ4v) is 4.40. The molecule has 2 N–H and O–H groups in total. The summed E-state index contributed by atoms with van der Waals surface area (Å²) in [4.78, 5) is 4.28. The van der Waals surface area contributed by atoms with Crippen molar-refractivity contribution in [3.05, 3.63) is 30.1 Å². The Hall–Kier alpha value is -1.10. The Bertz CT molecular complexity index is 694. The lowest BCUT2D eigenvalue weighted by molar-refractivity contribution is 0.00636. The van der Waals surface area contributed by atoms with Crippen LogP contribution in [0.1, 0.15) is 0 Å². The molecule has 1 aromatic rings. The van der Waals surface area contributed by atoms with Gasteiger partial charge in [-0.25, -0.2) is 17.5 Å². The third-order valence-electron chi connectivity index (χ3n) is 4.73. The lowest BCUT2D eigenvalue weighted by atomic mass is 10.1. The van der Waals surface area contributed by atoms with Crippen molar-refractivity contribution < 1.29 is 22.7 Å². The van der Waals surface area contributed by atoms with Gasteiger partial charge in [-0.15, -0.1) is 0 Å². The fraction of sp³-hybridized carbons (Fsp3) is 0.625. The molecule has 0 unspecified atom stereocenters. The lowest BCUT2D eigenvalue weighted by Gasteiger charge is -2.34. The maximum atomic E-state index is 13.3. The second-order valence-corrected chi connectivity index (χ2v) is 8.37. The van der Waals surface area contributed by atoms with Crippen LogP contribution in [0, 0.1) is 5.82 Å². The van der Waals surface area contributed by atoms with E-state index in [0.717, 1.165) is 32.2 Å². The number of ether oxygens (including phenoxy) is 1. The van der Waals surface area contributed by atoms with Crippen molar-refractivity contribution in [2.75, 3.05) is 46.4 Å². The normalized spacial score (nSPS) is 29.2. The van der Waals surface area contributed by atoms with Gasteiger partial charge < -0.3 is 14.7 Å². The highest BCUT2D eigenvalue weighted by Gasteiger charge is 2.39. The standard InChI is InChI=1S/C16H24FN3O4S/c1-19-5-7-20(8-6-19)10-15-16(21)14(11-24-15)18-25(22,23)13-4-2-3-12(17)9-13/h2-4,9,14-16,18,21H,5-8,10-11H2,1H3/t14-,15-,16+/m0/s1. The molecule has 3 atom stereocenters. The lowest BCUT2D eigenvalue weighted by Crippen LogP contribution is -2.50. The van der Waals surface area contributed by atoms with Gasteiger partial charge in [-0.2, -0.15) is 0 Å². The molecule has 0 bridgehead atoms. The number of piperazine rings is 1. The number of aliphatic hydroxyl groups is 1. The number of aliphatic hydroxyl groups excluding tert-OH is 1. The number of rotatable bonds is 5.